The molecule has 5 aromatic rings. The summed E-state index contributed by atoms with van der Waals surface area (Å²) in [6, 6.07) is 25.9. The van der Waals surface area contributed by atoms with Gasteiger partial charge in [-0.05, 0) is 41.5 Å². The van der Waals surface area contributed by atoms with Crippen molar-refractivity contribution in [1.29, 1.82) is 0 Å². The van der Waals surface area contributed by atoms with E-state index < -0.39 is 0 Å². The largest absolute Gasteiger partial charge is 0.408 e. The first kappa shape index (κ1) is 17.9. The van der Waals surface area contributed by atoms with Crippen LogP contribution in [0.1, 0.15) is 5.56 Å². The molecule has 0 radical (unpaired) electrons. The van der Waals surface area contributed by atoms with Crippen molar-refractivity contribution in [3.63, 3.8) is 0 Å². The van der Waals surface area contributed by atoms with E-state index in [2.05, 4.69) is 22.2 Å². The molecule has 0 aliphatic carbocycles. The molecule has 0 fully saturated rings. The summed E-state index contributed by atoms with van der Waals surface area (Å²) in [5.74, 6) is 0.456. The highest BCUT2D eigenvalue weighted by atomic mass is 35.5. The van der Waals surface area contributed by atoms with Gasteiger partial charge in [0.05, 0.1) is 6.54 Å². The summed E-state index contributed by atoms with van der Waals surface area (Å²) in [5, 5.41) is 6.35. The van der Waals surface area contributed by atoms with Crippen molar-refractivity contribution >= 4 is 34.7 Å². The van der Waals surface area contributed by atoms with Crippen molar-refractivity contribution in [1.82, 2.24) is 14.8 Å². The quantitative estimate of drug-likeness (QED) is 0.330. The Hall–Kier alpha value is -3.15. The Balaban J connectivity index is 1.68. The molecule has 0 amide bonds. The van der Waals surface area contributed by atoms with Crippen molar-refractivity contribution in [3.05, 3.63) is 94.3 Å². The molecule has 142 valence electrons. The van der Waals surface area contributed by atoms with Gasteiger partial charge in [0.25, 0.3) is 10.7 Å². The lowest BCUT2D eigenvalue weighted by Crippen LogP contribution is -2.01. The van der Waals surface area contributed by atoms with Crippen molar-refractivity contribution in [2.24, 2.45) is 0 Å². The van der Waals surface area contributed by atoms with E-state index in [0.29, 0.717) is 22.3 Å². The molecule has 29 heavy (non-hydrogen) atoms. The first-order valence-corrected chi connectivity index (χ1v) is 9.96. The van der Waals surface area contributed by atoms with Gasteiger partial charge in [0.2, 0.25) is 0 Å². The number of fused-ring (bicyclic) bond motifs is 1. The third-order valence-electron chi connectivity index (χ3n) is 4.82. The van der Waals surface area contributed by atoms with E-state index in [1.807, 2.05) is 66.7 Å². The van der Waals surface area contributed by atoms with Gasteiger partial charge in [-0.2, -0.15) is 0 Å². The molecule has 0 unspecified atom stereocenters. The zero-order chi connectivity index (χ0) is 19.8. The van der Waals surface area contributed by atoms with Gasteiger partial charge in [0.1, 0.15) is 5.69 Å². The third-order valence-corrected chi connectivity index (χ3v) is 5.35. The zero-order valence-electron chi connectivity index (χ0n) is 15.3. The highest BCUT2D eigenvalue weighted by Gasteiger charge is 2.20. The number of halogens is 1. The molecule has 0 atom stereocenters. The monoisotopic (exact) mass is 417 g/mol. The lowest BCUT2D eigenvalue weighted by molar-refractivity contribution is 0.524. The molecule has 0 aliphatic rings. The van der Waals surface area contributed by atoms with Crippen molar-refractivity contribution in [2.75, 3.05) is 0 Å². The van der Waals surface area contributed by atoms with Crippen LogP contribution < -0.4 is 0 Å². The summed E-state index contributed by atoms with van der Waals surface area (Å²) in [6.45, 7) is 0.551. The fraction of sp³-hybridized carbons (Fsp3) is 0.0435. The first-order valence-electron chi connectivity index (χ1n) is 9.18. The average molecular weight is 418 g/mol. The molecule has 2 heterocycles. The Morgan fingerprint density at radius 1 is 0.966 bits per heavy atom. The Bertz CT molecular complexity index is 1350. The highest BCUT2D eigenvalue weighted by molar-refractivity contribution is 7.71. The van der Waals surface area contributed by atoms with Crippen molar-refractivity contribution in [2.45, 2.75) is 6.54 Å². The van der Waals surface area contributed by atoms with Gasteiger partial charge in [0, 0.05) is 21.5 Å². The van der Waals surface area contributed by atoms with E-state index in [-0.39, 0.29) is 0 Å². The van der Waals surface area contributed by atoms with E-state index in [9.17, 15) is 0 Å². The normalized spacial score (nSPS) is 11.2. The van der Waals surface area contributed by atoms with E-state index in [1.165, 1.54) is 0 Å². The lowest BCUT2D eigenvalue weighted by Gasteiger charge is -2.03. The first-order chi connectivity index (χ1) is 14.2. The smallest absolute Gasteiger partial charge is 0.287 e. The molecule has 0 spiro atoms. The Kier molecular flexibility index (Phi) is 4.54. The molecule has 0 saturated heterocycles. The molecular weight excluding hydrogens is 402 g/mol. The predicted octanol–water partition coefficient (Wildman–Crippen LogP) is 6.72. The molecule has 5 rings (SSSR count). The number of H-pyrrole nitrogens is 1. The van der Waals surface area contributed by atoms with Crippen LogP contribution in [0.3, 0.4) is 0 Å². The maximum Gasteiger partial charge on any atom is 0.287 e. The number of nitrogens with zero attached hydrogens (tertiary/aromatic N) is 2. The Morgan fingerprint density at radius 2 is 1.69 bits per heavy atom. The summed E-state index contributed by atoms with van der Waals surface area (Å²) < 4.78 is 7.60. The number of nitrogens with one attached hydrogen (secondary N) is 1. The number of hydrogen-bond donors (Lipinski definition) is 1. The minimum Gasteiger partial charge on any atom is -0.408 e. The van der Waals surface area contributed by atoms with Crippen LogP contribution in [0.4, 0.5) is 0 Å². The molecule has 3 aromatic carbocycles. The molecular formula is C23H16ClN3OS. The molecule has 2 aromatic heterocycles. The lowest BCUT2D eigenvalue weighted by atomic mass is 10.0. The molecule has 0 aliphatic heterocycles. The highest BCUT2D eigenvalue weighted by Crippen LogP contribution is 2.38. The van der Waals surface area contributed by atoms with Crippen molar-refractivity contribution < 1.29 is 4.42 Å². The van der Waals surface area contributed by atoms with E-state index in [0.717, 1.165) is 33.3 Å². The van der Waals surface area contributed by atoms with E-state index in [1.54, 1.807) is 4.68 Å². The Labute approximate surface area is 177 Å². The second kappa shape index (κ2) is 7.35. The number of aromatic nitrogens is 3. The molecule has 6 heteroatoms. The summed E-state index contributed by atoms with van der Waals surface area (Å²) in [6.07, 6.45) is 0. The van der Waals surface area contributed by atoms with Gasteiger partial charge < -0.3 is 9.40 Å². The predicted molar refractivity (Wildman–Crippen MR) is 119 cm³/mol. The molecule has 0 bridgehead atoms. The van der Waals surface area contributed by atoms with Gasteiger partial charge in [-0.1, -0.05) is 72.3 Å². The molecule has 4 nitrogen and oxygen atoms in total. The van der Waals surface area contributed by atoms with Gasteiger partial charge >= 0.3 is 0 Å². The minimum absolute atomic E-state index is 0.333. The summed E-state index contributed by atoms with van der Waals surface area (Å²) >= 11 is 11.7. The SMILES string of the molecule is S=c1oc(-c2[nH]c3ccc(Cl)cc3c2-c2ccccc2)nn1Cc1ccccc1. The second-order valence-corrected chi connectivity index (χ2v) is 7.53. The minimum atomic E-state index is 0.333. The average Bonchev–Trinajstić information content (AvgIpc) is 3.29. The summed E-state index contributed by atoms with van der Waals surface area (Å²) in [4.78, 5) is 3.77. The number of hydrogen-bond acceptors (Lipinski definition) is 3. The summed E-state index contributed by atoms with van der Waals surface area (Å²) in [5.41, 5.74) is 4.89. The molecule has 1 N–H and O–H groups in total. The third kappa shape index (κ3) is 3.39. The second-order valence-electron chi connectivity index (χ2n) is 6.75. The van der Waals surface area contributed by atoms with Crippen LogP contribution in [0, 0.1) is 4.84 Å². The zero-order valence-corrected chi connectivity index (χ0v) is 16.9. The molecule has 0 saturated carbocycles. The van der Waals surface area contributed by atoms with E-state index in [4.69, 9.17) is 28.2 Å². The maximum atomic E-state index is 6.28. The maximum absolute atomic E-state index is 6.28. The van der Waals surface area contributed by atoms with Crippen LogP contribution in [-0.2, 0) is 6.54 Å². The summed E-state index contributed by atoms with van der Waals surface area (Å²) in [7, 11) is 0. The number of aromatic amines is 1. The fourth-order valence-corrected chi connectivity index (χ4v) is 3.85. The topological polar surface area (TPSA) is 46.8 Å². The van der Waals surface area contributed by atoms with Crippen LogP contribution in [0.2, 0.25) is 5.02 Å². The van der Waals surface area contributed by atoms with Crippen molar-refractivity contribution in [3.8, 4) is 22.7 Å². The van der Waals surface area contributed by atoms with Crippen LogP contribution in [0.5, 0.6) is 0 Å². The van der Waals surface area contributed by atoms with Crippen LogP contribution in [0.15, 0.2) is 83.3 Å². The van der Waals surface area contributed by atoms with Crippen LogP contribution >= 0.6 is 23.8 Å². The van der Waals surface area contributed by atoms with Gasteiger partial charge in [-0.25, -0.2) is 4.68 Å². The van der Waals surface area contributed by atoms with Gasteiger partial charge in [0.15, 0.2) is 0 Å². The van der Waals surface area contributed by atoms with Crippen LogP contribution in [-0.4, -0.2) is 14.8 Å². The van der Waals surface area contributed by atoms with E-state index >= 15 is 0 Å². The standard InChI is InChI=1S/C23H16ClN3OS/c24-17-11-12-19-18(13-17)20(16-9-5-2-6-10-16)21(25-19)22-26-27(23(29)28-22)14-15-7-3-1-4-8-15/h1-13,25H,14H2. The Morgan fingerprint density at radius 3 is 2.45 bits per heavy atom. The number of rotatable bonds is 4. The van der Waals surface area contributed by atoms with Gasteiger partial charge in [-0.15, -0.1) is 5.10 Å². The van der Waals surface area contributed by atoms with Gasteiger partial charge in [-0.3, -0.25) is 0 Å². The number of benzene rings is 3. The fourth-order valence-electron chi connectivity index (χ4n) is 3.49. The van der Waals surface area contributed by atoms with Crippen LogP contribution in [0.25, 0.3) is 33.6 Å².